The zero-order valence-electron chi connectivity index (χ0n) is 19.1. The van der Waals surface area contributed by atoms with Crippen LogP contribution in [0.3, 0.4) is 0 Å². The van der Waals surface area contributed by atoms with Crippen LogP contribution in [-0.2, 0) is 0 Å². The molecule has 0 atom stereocenters. The number of benzene rings is 3. The first-order valence-corrected chi connectivity index (χ1v) is 10.4. The summed E-state index contributed by atoms with van der Waals surface area (Å²) in [7, 11) is 6.20. The summed E-state index contributed by atoms with van der Waals surface area (Å²) in [6, 6.07) is 18.3. The Bertz CT molecular complexity index is 1550. The summed E-state index contributed by atoms with van der Waals surface area (Å²) in [6.45, 7) is 0. The third-order valence-electron chi connectivity index (χ3n) is 5.68. The number of aromatic nitrogens is 4. The predicted octanol–water partition coefficient (Wildman–Crippen LogP) is 3.73. The normalized spacial score (nSPS) is 11.1. The second-order valence-electron chi connectivity index (χ2n) is 7.43. The van der Waals surface area contributed by atoms with E-state index in [1.165, 1.54) is 25.9 Å². The predicted molar refractivity (Wildman–Crippen MR) is 128 cm³/mol. The minimum atomic E-state index is -0.244. The van der Waals surface area contributed by atoms with E-state index in [0.29, 0.717) is 45.4 Å². The molecule has 0 unspecified atom stereocenters. The van der Waals surface area contributed by atoms with Crippen LogP contribution in [0.1, 0.15) is 0 Å². The molecule has 0 bridgehead atoms. The lowest BCUT2D eigenvalue weighted by atomic mass is 10.2. The molecule has 0 spiro atoms. The lowest BCUT2D eigenvalue weighted by molar-refractivity contribution is 0.324. The van der Waals surface area contributed by atoms with E-state index in [2.05, 4.69) is 10.2 Å². The Morgan fingerprint density at radius 3 is 2.06 bits per heavy atom. The van der Waals surface area contributed by atoms with Crippen LogP contribution < -0.4 is 24.5 Å². The molecular formula is C25H22N4O5. The third-order valence-corrected chi connectivity index (χ3v) is 5.68. The Morgan fingerprint density at radius 1 is 0.765 bits per heavy atom. The van der Waals surface area contributed by atoms with Crippen molar-refractivity contribution in [3.8, 4) is 40.1 Å². The van der Waals surface area contributed by atoms with Crippen molar-refractivity contribution in [2.45, 2.75) is 0 Å². The summed E-state index contributed by atoms with van der Waals surface area (Å²) in [5, 5.41) is 9.37. The van der Waals surface area contributed by atoms with E-state index < -0.39 is 0 Å². The van der Waals surface area contributed by atoms with E-state index in [9.17, 15) is 4.79 Å². The number of para-hydroxylation sites is 1. The van der Waals surface area contributed by atoms with Crippen LogP contribution in [0, 0.1) is 0 Å². The van der Waals surface area contributed by atoms with E-state index >= 15 is 0 Å². The molecule has 0 aliphatic rings. The SMILES string of the molecule is COc1ccc(-c2nnc3n(-c4cc(OC)c(OC)c(OC)c4)c(=O)c4ccccc4n23)cc1. The summed E-state index contributed by atoms with van der Waals surface area (Å²) in [5.74, 6) is 2.95. The van der Waals surface area contributed by atoms with Crippen molar-refractivity contribution in [2.24, 2.45) is 0 Å². The maximum absolute atomic E-state index is 13.7. The van der Waals surface area contributed by atoms with Gasteiger partial charge in [0.05, 0.1) is 45.0 Å². The monoisotopic (exact) mass is 458 g/mol. The molecule has 2 aromatic heterocycles. The summed E-state index contributed by atoms with van der Waals surface area (Å²) in [6.07, 6.45) is 0. The lowest BCUT2D eigenvalue weighted by Gasteiger charge is -2.16. The Kier molecular flexibility index (Phi) is 5.29. The highest BCUT2D eigenvalue weighted by atomic mass is 16.5. The number of methoxy groups -OCH3 is 4. The Labute approximate surface area is 194 Å². The van der Waals surface area contributed by atoms with Gasteiger partial charge in [-0.3, -0.25) is 9.20 Å². The minimum Gasteiger partial charge on any atom is -0.497 e. The largest absolute Gasteiger partial charge is 0.497 e. The molecule has 0 aliphatic heterocycles. The number of ether oxygens (including phenoxy) is 4. The number of nitrogens with zero attached hydrogens (tertiary/aromatic N) is 4. The Balaban J connectivity index is 1.87. The van der Waals surface area contributed by atoms with Gasteiger partial charge >= 0.3 is 0 Å². The summed E-state index contributed by atoms with van der Waals surface area (Å²) in [4.78, 5) is 13.7. The summed E-state index contributed by atoms with van der Waals surface area (Å²) < 4.78 is 25.1. The van der Waals surface area contributed by atoms with Crippen molar-refractivity contribution in [2.75, 3.05) is 28.4 Å². The molecule has 2 heterocycles. The van der Waals surface area contributed by atoms with Crippen LogP contribution in [0.4, 0.5) is 0 Å². The van der Waals surface area contributed by atoms with Crippen LogP contribution in [0.5, 0.6) is 23.0 Å². The first-order valence-electron chi connectivity index (χ1n) is 10.4. The highest BCUT2D eigenvalue weighted by Crippen LogP contribution is 2.39. The molecule has 0 saturated carbocycles. The maximum Gasteiger partial charge on any atom is 0.267 e. The fourth-order valence-electron chi connectivity index (χ4n) is 4.06. The lowest BCUT2D eigenvalue weighted by Crippen LogP contribution is -2.22. The van der Waals surface area contributed by atoms with Crippen LogP contribution in [0.25, 0.3) is 33.8 Å². The number of rotatable bonds is 6. The Hall–Kier alpha value is -4.53. The van der Waals surface area contributed by atoms with Crippen LogP contribution in [0.15, 0.2) is 65.5 Å². The van der Waals surface area contributed by atoms with Gasteiger partial charge in [0, 0.05) is 17.7 Å². The molecule has 0 saturated heterocycles. The van der Waals surface area contributed by atoms with Gasteiger partial charge in [0.1, 0.15) is 5.75 Å². The average Bonchev–Trinajstić information content (AvgIpc) is 3.33. The highest BCUT2D eigenvalue weighted by molar-refractivity contribution is 5.83. The van der Waals surface area contributed by atoms with E-state index in [0.717, 1.165) is 11.3 Å². The van der Waals surface area contributed by atoms with Gasteiger partial charge in [-0.05, 0) is 36.4 Å². The van der Waals surface area contributed by atoms with E-state index in [1.807, 2.05) is 46.9 Å². The zero-order valence-corrected chi connectivity index (χ0v) is 19.1. The molecule has 9 nitrogen and oxygen atoms in total. The molecule has 0 radical (unpaired) electrons. The average molecular weight is 458 g/mol. The van der Waals surface area contributed by atoms with Gasteiger partial charge in [-0.1, -0.05) is 12.1 Å². The highest BCUT2D eigenvalue weighted by Gasteiger charge is 2.21. The molecule has 0 N–H and O–H groups in total. The standard InChI is InChI=1S/C25H22N4O5/c1-31-17-11-9-15(10-12-17)23-26-27-25-28(24(30)18-7-5-6-8-19(18)29(23)25)16-13-20(32-2)22(34-4)21(14-16)33-3/h5-14H,1-4H3. The fourth-order valence-corrected chi connectivity index (χ4v) is 4.06. The number of hydrogen-bond acceptors (Lipinski definition) is 7. The van der Waals surface area contributed by atoms with Gasteiger partial charge in [-0.15, -0.1) is 10.2 Å². The van der Waals surface area contributed by atoms with Crippen molar-refractivity contribution >= 4 is 16.7 Å². The molecular weight excluding hydrogens is 436 g/mol. The topological polar surface area (TPSA) is 89.1 Å². The van der Waals surface area contributed by atoms with Gasteiger partial charge < -0.3 is 18.9 Å². The maximum atomic E-state index is 13.7. The molecule has 5 rings (SSSR count). The molecule has 9 heteroatoms. The number of hydrogen-bond donors (Lipinski definition) is 0. The molecule has 5 aromatic rings. The quantitative estimate of drug-likeness (QED) is 0.383. The Morgan fingerprint density at radius 2 is 1.44 bits per heavy atom. The van der Waals surface area contributed by atoms with E-state index in [4.69, 9.17) is 18.9 Å². The van der Waals surface area contributed by atoms with Crippen LogP contribution >= 0.6 is 0 Å². The smallest absolute Gasteiger partial charge is 0.267 e. The second-order valence-corrected chi connectivity index (χ2v) is 7.43. The van der Waals surface area contributed by atoms with Gasteiger partial charge in [-0.25, -0.2) is 4.57 Å². The second kappa shape index (κ2) is 8.43. The molecule has 172 valence electrons. The molecule has 0 aliphatic carbocycles. The summed E-state index contributed by atoms with van der Waals surface area (Å²) in [5.41, 5.74) is 1.78. The van der Waals surface area contributed by atoms with Crippen molar-refractivity contribution in [1.29, 1.82) is 0 Å². The van der Waals surface area contributed by atoms with Crippen LogP contribution in [-0.4, -0.2) is 47.6 Å². The number of fused-ring (bicyclic) bond motifs is 3. The van der Waals surface area contributed by atoms with Crippen LogP contribution in [0.2, 0.25) is 0 Å². The van der Waals surface area contributed by atoms with Gasteiger partial charge in [0.15, 0.2) is 17.3 Å². The first-order chi connectivity index (χ1) is 16.6. The zero-order chi connectivity index (χ0) is 23.8. The van der Waals surface area contributed by atoms with E-state index in [-0.39, 0.29) is 5.56 Å². The van der Waals surface area contributed by atoms with Gasteiger partial charge in [0.25, 0.3) is 5.56 Å². The van der Waals surface area contributed by atoms with Gasteiger partial charge in [0.2, 0.25) is 11.5 Å². The first kappa shape index (κ1) is 21.3. The minimum absolute atomic E-state index is 0.244. The van der Waals surface area contributed by atoms with E-state index in [1.54, 1.807) is 25.3 Å². The molecule has 0 amide bonds. The fraction of sp³-hybridized carbons (Fsp3) is 0.160. The molecule has 34 heavy (non-hydrogen) atoms. The molecule has 3 aromatic carbocycles. The van der Waals surface area contributed by atoms with Gasteiger partial charge in [-0.2, -0.15) is 0 Å². The van der Waals surface area contributed by atoms with Crippen molar-refractivity contribution in [3.05, 3.63) is 71.0 Å². The third kappa shape index (κ3) is 3.21. The summed E-state index contributed by atoms with van der Waals surface area (Å²) >= 11 is 0. The van der Waals surface area contributed by atoms with Crippen molar-refractivity contribution in [3.63, 3.8) is 0 Å². The molecule has 0 fully saturated rings. The van der Waals surface area contributed by atoms with Crippen molar-refractivity contribution in [1.82, 2.24) is 19.2 Å². The van der Waals surface area contributed by atoms with Crippen molar-refractivity contribution < 1.29 is 18.9 Å².